The van der Waals surface area contributed by atoms with Gasteiger partial charge >= 0.3 is 0 Å². The molecule has 0 radical (unpaired) electrons. The number of nitrogens with zero attached hydrogens (tertiary/aromatic N) is 2. The Hall–Kier alpha value is -2.93. The molecule has 7 heteroatoms. The molecule has 0 bridgehead atoms. The van der Waals surface area contributed by atoms with E-state index in [1.54, 1.807) is 21.9 Å². The van der Waals surface area contributed by atoms with Gasteiger partial charge in [0.1, 0.15) is 12.2 Å². The molecule has 0 aliphatic carbocycles. The van der Waals surface area contributed by atoms with E-state index >= 15 is 0 Å². The van der Waals surface area contributed by atoms with Crippen molar-refractivity contribution in [1.82, 2.24) is 9.88 Å². The minimum Gasteiger partial charge on any atom is -0.363 e. The minimum absolute atomic E-state index is 0.0429. The number of carbonyl (C=O) groups is 2. The maximum atomic E-state index is 12.8. The molecule has 2 aliphatic heterocycles. The summed E-state index contributed by atoms with van der Waals surface area (Å²) in [7, 11) is 0. The third kappa shape index (κ3) is 3.57. The summed E-state index contributed by atoms with van der Waals surface area (Å²) in [5, 5.41) is 0. The molecule has 3 heterocycles. The SMILES string of the molecule is O=C(c1ccc[nH]c1=O)N1CCCC2(CC1)CN(c1ccccc1)C(=O)CO2. The molecule has 2 amide bonds. The lowest BCUT2D eigenvalue weighted by Crippen LogP contribution is -2.55. The van der Waals surface area contributed by atoms with Gasteiger partial charge in [0.15, 0.2) is 0 Å². The summed E-state index contributed by atoms with van der Waals surface area (Å²) in [5.41, 5.74) is 0.176. The van der Waals surface area contributed by atoms with E-state index in [1.165, 1.54) is 6.20 Å². The Labute approximate surface area is 162 Å². The first-order valence-electron chi connectivity index (χ1n) is 9.54. The number of para-hydroxylation sites is 1. The van der Waals surface area contributed by atoms with E-state index in [2.05, 4.69) is 4.98 Å². The number of aromatic nitrogens is 1. The average molecular weight is 381 g/mol. The predicted molar refractivity (Wildman–Crippen MR) is 104 cm³/mol. The van der Waals surface area contributed by atoms with Crippen molar-refractivity contribution < 1.29 is 14.3 Å². The predicted octanol–water partition coefficient (Wildman–Crippen LogP) is 1.80. The second-order valence-electron chi connectivity index (χ2n) is 7.35. The van der Waals surface area contributed by atoms with Crippen LogP contribution in [-0.4, -0.2) is 53.5 Å². The van der Waals surface area contributed by atoms with Crippen LogP contribution < -0.4 is 10.5 Å². The van der Waals surface area contributed by atoms with Crippen molar-refractivity contribution in [2.75, 3.05) is 31.1 Å². The fourth-order valence-corrected chi connectivity index (χ4v) is 3.99. The second kappa shape index (κ2) is 7.59. The van der Waals surface area contributed by atoms with Gasteiger partial charge in [-0.2, -0.15) is 0 Å². The number of pyridine rings is 1. The Bertz CT molecular complexity index is 927. The summed E-state index contributed by atoms with van der Waals surface area (Å²) >= 11 is 0. The molecule has 2 aliphatic rings. The molecule has 2 aromatic rings. The van der Waals surface area contributed by atoms with E-state index in [9.17, 15) is 14.4 Å². The number of H-pyrrole nitrogens is 1. The molecule has 1 atom stereocenters. The van der Waals surface area contributed by atoms with E-state index in [0.29, 0.717) is 26.1 Å². The summed E-state index contributed by atoms with van der Waals surface area (Å²) in [6, 6.07) is 12.8. The van der Waals surface area contributed by atoms with Crippen LogP contribution in [0.1, 0.15) is 29.6 Å². The number of amides is 2. The van der Waals surface area contributed by atoms with Gasteiger partial charge in [-0.1, -0.05) is 18.2 Å². The van der Waals surface area contributed by atoms with Crippen LogP contribution in [0.4, 0.5) is 5.69 Å². The van der Waals surface area contributed by atoms with Gasteiger partial charge < -0.3 is 19.5 Å². The van der Waals surface area contributed by atoms with E-state index in [4.69, 9.17) is 4.74 Å². The molecule has 2 saturated heterocycles. The maximum Gasteiger partial charge on any atom is 0.260 e. The van der Waals surface area contributed by atoms with E-state index in [1.807, 2.05) is 30.3 Å². The van der Waals surface area contributed by atoms with Crippen LogP contribution in [0.5, 0.6) is 0 Å². The highest BCUT2D eigenvalue weighted by Crippen LogP contribution is 2.33. The van der Waals surface area contributed by atoms with Gasteiger partial charge in [0, 0.05) is 25.0 Å². The molecule has 7 nitrogen and oxygen atoms in total. The summed E-state index contributed by atoms with van der Waals surface area (Å²) in [4.78, 5) is 43.2. The molecular formula is C21H23N3O4. The van der Waals surface area contributed by atoms with Crippen molar-refractivity contribution in [3.05, 3.63) is 64.6 Å². The van der Waals surface area contributed by atoms with Gasteiger partial charge in [-0.15, -0.1) is 0 Å². The van der Waals surface area contributed by atoms with Crippen LogP contribution in [0.15, 0.2) is 53.5 Å². The molecule has 1 aromatic heterocycles. The van der Waals surface area contributed by atoms with Crippen LogP contribution in [0.2, 0.25) is 0 Å². The van der Waals surface area contributed by atoms with E-state index in [0.717, 1.165) is 18.5 Å². The summed E-state index contributed by atoms with van der Waals surface area (Å²) in [6.07, 6.45) is 3.66. The molecule has 1 unspecified atom stereocenters. The van der Waals surface area contributed by atoms with Crippen molar-refractivity contribution in [2.24, 2.45) is 0 Å². The summed E-state index contributed by atoms with van der Waals surface area (Å²) < 4.78 is 6.01. The van der Waals surface area contributed by atoms with Crippen LogP contribution in [0.25, 0.3) is 0 Å². The van der Waals surface area contributed by atoms with E-state index < -0.39 is 5.60 Å². The summed E-state index contributed by atoms with van der Waals surface area (Å²) in [5.74, 6) is -0.310. The monoisotopic (exact) mass is 381 g/mol. The van der Waals surface area contributed by atoms with Gasteiger partial charge in [0.05, 0.1) is 12.1 Å². The number of ether oxygens (including phenoxy) is 1. The van der Waals surface area contributed by atoms with Gasteiger partial charge in [-0.05, 0) is 43.5 Å². The molecule has 146 valence electrons. The Balaban J connectivity index is 1.50. The normalized spacial score (nSPS) is 22.9. The highest BCUT2D eigenvalue weighted by atomic mass is 16.5. The van der Waals surface area contributed by atoms with Crippen LogP contribution in [0.3, 0.4) is 0 Å². The number of nitrogens with one attached hydrogen (secondary N) is 1. The number of carbonyl (C=O) groups excluding carboxylic acids is 2. The van der Waals surface area contributed by atoms with Gasteiger partial charge in [0.25, 0.3) is 17.4 Å². The highest BCUT2D eigenvalue weighted by molar-refractivity contribution is 5.95. The third-order valence-corrected chi connectivity index (χ3v) is 5.55. The number of aromatic amines is 1. The standard InChI is InChI=1S/C21H23N3O4/c25-18-14-28-21(15-24(18)16-6-2-1-3-7-16)9-5-12-23(13-10-21)20(27)17-8-4-11-22-19(17)26/h1-4,6-8,11H,5,9-10,12-15H2,(H,22,26). The molecular weight excluding hydrogens is 358 g/mol. The number of hydrogen-bond acceptors (Lipinski definition) is 4. The van der Waals surface area contributed by atoms with Crippen LogP contribution in [0, 0.1) is 0 Å². The van der Waals surface area contributed by atoms with Crippen molar-refractivity contribution in [3.63, 3.8) is 0 Å². The lowest BCUT2D eigenvalue weighted by molar-refractivity contribution is -0.140. The molecule has 1 spiro atoms. The van der Waals surface area contributed by atoms with Crippen LogP contribution >= 0.6 is 0 Å². The smallest absolute Gasteiger partial charge is 0.260 e. The lowest BCUT2D eigenvalue weighted by Gasteiger charge is -2.42. The van der Waals surface area contributed by atoms with Crippen molar-refractivity contribution >= 4 is 17.5 Å². The Kier molecular flexibility index (Phi) is 5.00. The zero-order valence-corrected chi connectivity index (χ0v) is 15.6. The zero-order valence-electron chi connectivity index (χ0n) is 15.6. The van der Waals surface area contributed by atoms with Gasteiger partial charge in [-0.25, -0.2) is 0 Å². The number of benzene rings is 1. The first kappa shape index (κ1) is 18.4. The van der Waals surface area contributed by atoms with Crippen molar-refractivity contribution in [3.8, 4) is 0 Å². The third-order valence-electron chi connectivity index (χ3n) is 5.55. The molecule has 28 heavy (non-hydrogen) atoms. The average Bonchev–Trinajstić information content (AvgIpc) is 2.93. The van der Waals surface area contributed by atoms with Crippen molar-refractivity contribution in [1.29, 1.82) is 0 Å². The quantitative estimate of drug-likeness (QED) is 0.860. The van der Waals surface area contributed by atoms with Gasteiger partial charge in [-0.3, -0.25) is 14.4 Å². The Morgan fingerprint density at radius 2 is 1.86 bits per heavy atom. The fraction of sp³-hybridized carbons (Fsp3) is 0.381. The Morgan fingerprint density at radius 1 is 1.04 bits per heavy atom. The first-order valence-corrected chi connectivity index (χ1v) is 9.54. The minimum atomic E-state index is -0.470. The lowest BCUT2D eigenvalue weighted by atomic mass is 9.92. The molecule has 2 fully saturated rings. The topological polar surface area (TPSA) is 82.7 Å². The van der Waals surface area contributed by atoms with Crippen LogP contribution in [-0.2, 0) is 9.53 Å². The number of anilines is 1. The van der Waals surface area contributed by atoms with Gasteiger partial charge in [0.2, 0.25) is 0 Å². The fourth-order valence-electron chi connectivity index (χ4n) is 3.99. The molecule has 0 saturated carbocycles. The Morgan fingerprint density at radius 3 is 2.64 bits per heavy atom. The van der Waals surface area contributed by atoms with E-state index in [-0.39, 0.29) is 29.5 Å². The molecule has 1 N–H and O–H groups in total. The number of hydrogen-bond donors (Lipinski definition) is 1. The first-order chi connectivity index (χ1) is 13.6. The molecule has 4 rings (SSSR count). The highest BCUT2D eigenvalue weighted by Gasteiger charge is 2.42. The van der Waals surface area contributed by atoms with Crippen molar-refractivity contribution in [2.45, 2.75) is 24.9 Å². The molecule has 1 aromatic carbocycles. The summed E-state index contributed by atoms with van der Waals surface area (Å²) in [6.45, 7) is 1.58. The zero-order chi connectivity index (χ0) is 19.6. The number of rotatable bonds is 2. The maximum absolute atomic E-state index is 12.8. The largest absolute Gasteiger partial charge is 0.363 e. The number of morpholine rings is 1. The second-order valence-corrected chi connectivity index (χ2v) is 7.35. The number of likely N-dealkylation sites (tertiary alicyclic amines) is 1.